The maximum atomic E-state index is 12.1. The summed E-state index contributed by atoms with van der Waals surface area (Å²) in [5.41, 5.74) is 2.64. The van der Waals surface area contributed by atoms with Crippen molar-refractivity contribution in [2.75, 3.05) is 37.6 Å². The van der Waals surface area contributed by atoms with E-state index in [-0.39, 0.29) is 11.9 Å². The maximum absolute atomic E-state index is 12.1. The smallest absolute Gasteiger partial charge is 0.234 e. The zero-order valence-electron chi connectivity index (χ0n) is 14.3. The Morgan fingerprint density at radius 2 is 1.77 bits per heavy atom. The monoisotopic (exact) mass is 303 g/mol. The molecule has 2 rings (SSSR count). The number of carbonyl (C=O) groups excluding carboxylic acids is 1. The van der Waals surface area contributed by atoms with Gasteiger partial charge in [-0.3, -0.25) is 9.69 Å². The lowest BCUT2D eigenvalue weighted by Gasteiger charge is -2.36. The highest BCUT2D eigenvalue weighted by Crippen LogP contribution is 2.20. The molecule has 0 bridgehead atoms. The molecule has 1 N–H and O–H groups in total. The number of anilines is 1. The highest BCUT2D eigenvalue weighted by molar-refractivity contribution is 5.78. The first kappa shape index (κ1) is 16.8. The van der Waals surface area contributed by atoms with Gasteiger partial charge in [0.25, 0.3) is 0 Å². The Kier molecular flexibility index (Phi) is 5.83. The molecule has 122 valence electrons. The highest BCUT2D eigenvalue weighted by Gasteiger charge is 2.20. The van der Waals surface area contributed by atoms with Gasteiger partial charge < -0.3 is 10.2 Å². The van der Waals surface area contributed by atoms with Crippen molar-refractivity contribution in [3.8, 4) is 0 Å². The van der Waals surface area contributed by atoms with E-state index in [1.54, 1.807) is 0 Å². The Hall–Kier alpha value is -1.55. The highest BCUT2D eigenvalue weighted by atomic mass is 16.2. The van der Waals surface area contributed by atoms with Gasteiger partial charge in [-0.25, -0.2) is 0 Å². The molecule has 22 heavy (non-hydrogen) atoms. The number of benzene rings is 1. The van der Waals surface area contributed by atoms with Gasteiger partial charge in [-0.15, -0.1) is 0 Å². The van der Waals surface area contributed by atoms with E-state index in [1.807, 2.05) is 0 Å². The van der Waals surface area contributed by atoms with Gasteiger partial charge in [-0.2, -0.15) is 0 Å². The van der Waals surface area contributed by atoms with E-state index >= 15 is 0 Å². The lowest BCUT2D eigenvalue weighted by molar-refractivity contribution is -0.123. The van der Waals surface area contributed by atoms with E-state index in [2.05, 4.69) is 67.1 Å². The molecule has 1 aromatic carbocycles. The summed E-state index contributed by atoms with van der Waals surface area (Å²) in [6.07, 6.45) is 0. The molecule has 1 heterocycles. The number of para-hydroxylation sites is 1. The molecule has 0 aliphatic carbocycles. The van der Waals surface area contributed by atoms with Crippen LogP contribution in [0.3, 0.4) is 0 Å². The van der Waals surface area contributed by atoms with Crippen LogP contribution in [0.1, 0.15) is 26.3 Å². The molecule has 1 aromatic rings. The molecule has 1 amide bonds. The molecule has 4 heteroatoms. The Bertz CT molecular complexity index is 493. The van der Waals surface area contributed by atoms with Crippen molar-refractivity contribution in [3.05, 3.63) is 29.8 Å². The van der Waals surface area contributed by atoms with Gasteiger partial charge in [-0.1, -0.05) is 32.0 Å². The molecule has 0 saturated carbocycles. The Morgan fingerprint density at radius 3 is 2.36 bits per heavy atom. The van der Waals surface area contributed by atoms with E-state index in [0.717, 1.165) is 26.2 Å². The molecule has 4 nitrogen and oxygen atoms in total. The van der Waals surface area contributed by atoms with Crippen molar-refractivity contribution in [3.63, 3.8) is 0 Å². The van der Waals surface area contributed by atoms with Crippen molar-refractivity contribution in [1.82, 2.24) is 10.2 Å². The van der Waals surface area contributed by atoms with Crippen LogP contribution in [-0.2, 0) is 4.79 Å². The second-order valence-electron chi connectivity index (χ2n) is 6.65. The second kappa shape index (κ2) is 7.63. The molecule has 1 aliphatic rings. The molecule has 0 unspecified atom stereocenters. The van der Waals surface area contributed by atoms with E-state index in [9.17, 15) is 4.79 Å². The Labute approximate surface area is 134 Å². The molecular formula is C18H29N3O. The van der Waals surface area contributed by atoms with E-state index in [0.29, 0.717) is 12.5 Å². The summed E-state index contributed by atoms with van der Waals surface area (Å²) < 4.78 is 0. The molecule has 0 spiro atoms. The van der Waals surface area contributed by atoms with Crippen molar-refractivity contribution in [1.29, 1.82) is 0 Å². The Morgan fingerprint density at radius 1 is 1.14 bits per heavy atom. The minimum Gasteiger partial charge on any atom is -0.369 e. The van der Waals surface area contributed by atoms with E-state index in [1.165, 1.54) is 11.3 Å². The number of hydrogen-bond acceptors (Lipinski definition) is 3. The average molecular weight is 303 g/mol. The van der Waals surface area contributed by atoms with Gasteiger partial charge in [0.1, 0.15) is 0 Å². The number of nitrogens with one attached hydrogen (secondary N) is 1. The van der Waals surface area contributed by atoms with Gasteiger partial charge in [0, 0.05) is 37.9 Å². The van der Waals surface area contributed by atoms with E-state index in [4.69, 9.17) is 0 Å². The van der Waals surface area contributed by atoms with Gasteiger partial charge in [0.15, 0.2) is 0 Å². The maximum Gasteiger partial charge on any atom is 0.234 e. The van der Waals surface area contributed by atoms with Crippen LogP contribution in [0, 0.1) is 12.8 Å². The molecule has 1 saturated heterocycles. The zero-order valence-corrected chi connectivity index (χ0v) is 14.3. The number of rotatable bonds is 5. The fraction of sp³-hybridized carbons (Fsp3) is 0.611. The van der Waals surface area contributed by atoms with Crippen molar-refractivity contribution in [2.24, 2.45) is 5.92 Å². The minimum absolute atomic E-state index is 0.144. The normalized spacial score (nSPS) is 17.6. The van der Waals surface area contributed by atoms with Crippen molar-refractivity contribution < 1.29 is 4.79 Å². The fourth-order valence-electron chi connectivity index (χ4n) is 2.73. The van der Waals surface area contributed by atoms with Gasteiger partial charge in [-0.05, 0) is 31.4 Å². The van der Waals surface area contributed by atoms with Crippen molar-refractivity contribution in [2.45, 2.75) is 33.7 Å². The summed E-state index contributed by atoms with van der Waals surface area (Å²) in [5, 5.41) is 3.08. The summed E-state index contributed by atoms with van der Waals surface area (Å²) in [6, 6.07) is 8.75. The first-order chi connectivity index (χ1) is 10.5. The molecule has 0 radical (unpaired) electrons. The van der Waals surface area contributed by atoms with Crippen LogP contribution in [0.25, 0.3) is 0 Å². The number of aryl methyl sites for hydroxylation is 1. The summed E-state index contributed by atoms with van der Waals surface area (Å²) >= 11 is 0. The van der Waals surface area contributed by atoms with Gasteiger partial charge in [0.05, 0.1) is 6.54 Å². The molecule has 1 fully saturated rings. The number of hydrogen-bond donors (Lipinski definition) is 1. The standard InChI is InChI=1S/C18H29N3O/c1-14(2)16(4)19-18(22)13-20-9-11-21(12-10-20)17-8-6-5-7-15(17)3/h5-8,14,16H,9-13H2,1-4H3,(H,19,22)/t16-/m1/s1. The topological polar surface area (TPSA) is 35.6 Å². The largest absolute Gasteiger partial charge is 0.369 e. The summed E-state index contributed by atoms with van der Waals surface area (Å²) in [6.45, 7) is 12.9. The predicted octanol–water partition coefficient (Wildman–Crippen LogP) is 2.28. The zero-order chi connectivity index (χ0) is 16.1. The number of piperazine rings is 1. The number of amides is 1. The van der Waals surface area contributed by atoms with Gasteiger partial charge >= 0.3 is 0 Å². The molecule has 1 aliphatic heterocycles. The van der Waals surface area contributed by atoms with E-state index < -0.39 is 0 Å². The average Bonchev–Trinajstić information content (AvgIpc) is 2.48. The molecule has 1 atom stereocenters. The van der Waals surface area contributed by atoms with Gasteiger partial charge in [0.2, 0.25) is 5.91 Å². The first-order valence-corrected chi connectivity index (χ1v) is 8.29. The Balaban J connectivity index is 1.80. The van der Waals surface area contributed by atoms with Crippen LogP contribution in [0.2, 0.25) is 0 Å². The molecular weight excluding hydrogens is 274 g/mol. The third-order valence-corrected chi connectivity index (χ3v) is 4.58. The summed E-state index contributed by atoms with van der Waals surface area (Å²) in [4.78, 5) is 16.7. The van der Waals surface area contributed by atoms with Crippen LogP contribution in [0.15, 0.2) is 24.3 Å². The van der Waals surface area contributed by atoms with Crippen LogP contribution < -0.4 is 10.2 Å². The minimum atomic E-state index is 0.144. The van der Waals surface area contributed by atoms with Crippen molar-refractivity contribution >= 4 is 11.6 Å². The predicted molar refractivity (Wildman–Crippen MR) is 92.3 cm³/mol. The van der Waals surface area contributed by atoms with Crippen LogP contribution in [0.5, 0.6) is 0 Å². The SMILES string of the molecule is Cc1ccccc1N1CCN(CC(=O)N[C@H](C)C(C)C)CC1. The van der Waals surface area contributed by atoms with Crippen LogP contribution >= 0.6 is 0 Å². The van der Waals surface area contributed by atoms with Crippen LogP contribution in [-0.4, -0.2) is 49.6 Å². The number of carbonyl (C=O) groups is 1. The number of nitrogens with zero attached hydrogens (tertiary/aromatic N) is 2. The quantitative estimate of drug-likeness (QED) is 0.906. The third kappa shape index (κ3) is 4.47. The fourth-order valence-corrected chi connectivity index (χ4v) is 2.73. The second-order valence-corrected chi connectivity index (χ2v) is 6.65. The summed E-state index contributed by atoms with van der Waals surface area (Å²) in [5.74, 6) is 0.618. The summed E-state index contributed by atoms with van der Waals surface area (Å²) in [7, 11) is 0. The van der Waals surface area contributed by atoms with Crippen LogP contribution in [0.4, 0.5) is 5.69 Å². The lowest BCUT2D eigenvalue weighted by Crippen LogP contribution is -2.50. The first-order valence-electron chi connectivity index (χ1n) is 8.29. The third-order valence-electron chi connectivity index (χ3n) is 4.58. The lowest BCUT2D eigenvalue weighted by atomic mass is 10.1. The molecule has 0 aromatic heterocycles.